The molecule has 0 unspecified atom stereocenters. The Morgan fingerprint density at radius 1 is 1.19 bits per heavy atom. The first kappa shape index (κ1) is 23.3. The maximum absolute atomic E-state index is 13.3. The topological polar surface area (TPSA) is 108 Å². The number of carbonyl (C=O) groups excluding carboxylic acids is 2. The molecule has 172 valence electrons. The molecule has 1 aliphatic rings. The molecule has 1 aromatic heterocycles. The van der Waals surface area contributed by atoms with Gasteiger partial charge in [0.05, 0.1) is 13.2 Å². The van der Waals surface area contributed by atoms with Crippen LogP contribution in [0.2, 0.25) is 0 Å². The molecule has 0 radical (unpaired) electrons. The van der Waals surface area contributed by atoms with Crippen molar-refractivity contribution in [3.8, 4) is 0 Å². The Morgan fingerprint density at radius 2 is 1.94 bits per heavy atom. The standard InChI is InChI=1S/C20H23F3N6O3/c1-13(30)24-5-6-25-17-16(20(21,22)23)12-26-19(28-17)27-15-4-2-3-14(11-15)18(31)29-7-9-32-10-8-29/h2-4,11-12H,5-10H2,1H3,(H,24,30)(H2,25,26,27,28). The van der Waals surface area contributed by atoms with Gasteiger partial charge >= 0.3 is 6.18 Å². The minimum Gasteiger partial charge on any atom is -0.378 e. The second-order valence-corrected chi connectivity index (χ2v) is 6.97. The lowest BCUT2D eigenvalue weighted by Crippen LogP contribution is -2.40. The van der Waals surface area contributed by atoms with E-state index in [-0.39, 0.29) is 30.9 Å². The molecule has 1 fully saturated rings. The highest BCUT2D eigenvalue weighted by atomic mass is 19.4. The monoisotopic (exact) mass is 452 g/mol. The second kappa shape index (κ2) is 10.3. The van der Waals surface area contributed by atoms with Gasteiger partial charge < -0.3 is 25.6 Å². The van der Waals surface area contributed by atoms with Crippen LogP contribution in [0.1, 0.15) is 22.8 Å². The molecule has 32 heavy (non-hydrogen) atoms. The number of ether oxygens (including phenoxy) is 1. The van der Waals surface area contributed by atoms with Gasteiger partial charge in [-0.25, -0.2) is 4.98 Å². The molecule has 0 aliphatic carbocycles. The van der Waals surface area contributed by atoms with E-state index >= 15 is 0 Å². The zero-order chi connectivity index (χ0) is 23.1. The van der Waals surface area contributed by atoms with Crippen molar-refractivity contribution in [3.63, 3.8) is 0 Å². The average Bonchev–Trinajstić information content (AvgIpc) is 2.76. The second-order valence-electron chi connectivity index (χ2n) is 6.97. The van der Waals surface area contributed by atoms with Gasteiger partial charge in [0.15, 0.2) is 0 Å². The number of carbonyl (C=O) groups is 2. The molecule has 9 nitrogen and oxygen atoms in total. The first-order chi connectivity index (χ1) is 15.2. The molecule has 0 saturated carbocycles. The Hall–Kier alpha value is -3.41. The Kier molecular flexibility index (Phi) is 7.46. The molecule has 0 bridgehead atoms. The Morgan fingerprint density at radius 3 is 2.62 bits per heavy atom. The molecule has 1 aromatic carbocycles. The van der Waals surface area contributed by atoms with Crippen molar-refractivity contribution < 1.29 is 27.5 Å². The third-order valence-electron chi connectivity index (χ3n) is 4.55. The predicted octanol–water partition coefficient (Wildman–Crippen LogP) is 2.26. The van der Waals surface area contributed by atoms with Crippen molar-refractivity contribution in [1.82, 2.24) is 20.2 Å². The van der Waals surface area contributed by atoms with Gasteiger partial charge in [0, 0.05) is 50.6 Å². The Labute approximate surface area is 182 Å². The number of benzene rings is 1. The van der Waals surface area contributed by atoms with E-state index in [2.05, 4.69) is 25.9 Å². The van der Waals surface area contributed by atoms with Crippen molar-refractivity contribution in [2.24, 2.45) is 0 Å². The van der Waals surface area contributed by atoms with Crippen LogP contribution in [0, 0.1) is 0 Å². The summed E-state index contributed by atoms with van der Waals surface area (Å²) in [6.45, 7) is 3.42. The smallest absolute Gasteiger partial charge is 0.378 e. The van der Waals surface area contributed by atoms with Crippen LogP contribution in [0.15, 0.2) is 30.5 Å². The highest BCUT2D eigenvalue weighted by Gasteiger charge is 2.35. The van der Waals surface area contributed by atoms with Crippen molar-refractivity contribution >= 4 is 29.3 Å². The van der Waals surface area contributed by atoms with E-state index in [4.69, 9.17) is 4.74 Å². The third-order valence-corrected chi connectivity index (χ3v) is 4.55. The summed E-state index contributed by atoms with van der Waals surface area (Å²) in [5, 5.41) is 7.90. The van der Waals surface area contributed by atoms with Crippen LogP contribution >= 0.6 is 0 Å². The predicted molar refractivity (Wildman–Crippen MR) is 111 cm³/mol. The number of nitrogens with zero attached hydrogens (tertiary/aromatic N) is 3. The molecule has 2 amide bonds. The summed E-state index contributed by atoms with van der Waals surface area (Å²) in [4.78, 5) is 33.0. The number of morpholine rings is 1. The first-order valence-electron chi connectivity index (χ1n) is 9.90. The summed E-state index contributed by atoms with van der Waals surface area (Å²) in [6, 6.07) is 6.56. The van der Waals surface area contributed by atoms with Gasteiger partial charge in [-0.05, 0) is 18.2 Å². The maximum atomic E-state index is 13.3. The summed E-state index contributed by atoms with van der Waals surface area (Å²) in [7, 11) is 0. The molecule has 1 aliphatic heterocycles. The molecule has 12 heteroatoms. The molecule has 0 atom stereocenters. The van der Waals surface area contributed by atoms with Gasteiger partial charge in [-0.2, -0.15) is 18.2 Å². The van der Waals surface area contributed by atoms with Crippen molar-refractivity contribution in [1.29, 1.82) is 0 Å². The van der Waals surface area contributed by atoms with Crippen LogP contribution < -0.4 is 16.0 Å². The number of hydrogen-bond donors (Lipinski definition) is 3. The summed E-state index contributed by atoms with van der Waals surface area (Å²) in [5.74, 6) is -0.943. The van der Waals surface area contributed by atoms with Crippen molar-refractivity contribution in [3.05, 3.63) is 41.6 Å². The number of halogens is 3. The van der Waals surface area contributed by atoms with E-state index in [0.717, 1.165) is 0 Å². The molecule has 3 N–H and O–H groups in total. The summed E-state index contributed by atoms with van der Waals surface area (Å²) in [5.41, 5.74) is -0.146. The van der Waals surface area contributed by atoms with Crippen molar-refractivity contribution in [2.75, 3.05) is 50.0 Å². The number of aromatic nitrogens is 2. The van der Waals surface area contributed by atoms with E-state index in [9.17, 15) is 22.8 Å². The highest BCUT2D eigenvalue weighted by Crippen LogP contribution is 2.34. The van der Waals surface area contributed by atoms with Crippen LogP contribution in [0.3, 0.4) is 0 Å². The van der Waals surface area contributed by atoms with Gasteiger partial charge in [-0.3, -0.25) is 9.59 Å². The summed E-state index contributed by atoms with van der Waals surface area (Å²) < 4.78 is 45.2. The summed E-state index contributed by atoms with van der Waals surface area (Å²) in [6.07, 6.45) is -3.97. The van der Waals surface area contributed by atoms with Gasteiger partial charge in [-0.1, -0.05) is 6.07 Å². The van der Waals surface area contributed by atoms with Crippen LogP contribution in [0.25, 0.3) is 0 Å². The lowest BCUT2D eigenvalue weighted by molar-refractivity contribution is -0.137. The van der Waals surface area contributed by atoms with E-state index < -0.39 is 17.6 Å². The Balaban J connectivity index is 1.75. The largest absolute Gasteiger partial charge is 0.421 e. The normalized spacial score (nSPS) is 14.1. The molecule has 3 rings (SSSR count). The lowest BCUT2D eigenvalue weighted by atomic mass is 10.1. The van der Waals surface area contributed by atoms with E-state index in [1.165, 1.54) is 6.92 Å². The van der Waals surface area contributed by atoms with Gasteiger partial charge in [0.25, 0.3) is 5.91 Å². The van der Waals surface area contributed by atoms with Crippen LogP contribution in [0.5, 0.6) is 0 Å². The Bertz CT molecular complexity index is 964. The summed E-state index contributed by atoms with van der Waals surface area (Å²) >= 11 is 0. The number of nitrogens with one attached hydrogen (secondary N) is 3. The van der Waals surface area contributed by atoms with Gasteiger partial charge in [-0.15, -0.1) is 0 Å². The fraction of sp³-hybridized carbons (Fsp3) is 0.400. The fourth-order valence-electron chi connectivity index (χ4n) is 3.01. The minimum atomic E-state index is -4.65. The van der Waals surface area contributed by atoms with Crippen LogP contribution in [-0.4, -0.2) is 66.1 Å². The van der Waals surface area contributed by atoms with Gasteiger partial charge in [0.2, 0.25) is 11.9 Å². The third kappa shape index (κ3) is 6.30. The molecule has 2 heterocycles. The lowest BCUT2D eigenvalue weighted by Gasteiger charge is -2.27. The van der Waals surface area contributed by atoms with E-state index in [0.29, 0.717) is 43.8 Å². The van der Waals surface area contributed by atoms with Gasteiger partial charge in [0.1, 0.15) is 11.4 Å². The molecular formula is C20H23F3N6O3. The highest BCUT2D eigenvalue weighted by molar-refractivity contribution is 5.95. The fourth-order valence-corrected chi connectivity index (χ4v) is 3.01. The molecular weight excluding hydrogens is 429 g/mol. The van der Waals surface area contributed by atoms with Crippen LogP contribution in [0.4, 0.5) is 30.6 Å². The number of amides is 2. The maximum Gasteiger partial charge on any atom is 0.421 e. The molecule has 2 aromatic rings. The molecule has 1 saturated heterocycles. The zero-order valence-electron chi connectivity index (χ0n) is 17.3. The number of alkyl halides is 3. The number of rotatable bonds is 7. The average molecular weight is 452 g/mol. The van der Waals surface area contributed by atoms with Crippen molar-refractivity contribution in [2.45, 2.75) is 13.1 Å². The zero-order valence-corrected chi connectivity index (χ0v) is 17.3. The molecule has 0 spiro atoms. The quantitative estimate of drug-likeness (QED) is 0.553. The van der Waals surface area contributed by atoms with Crippen LogP contribution in [-0.2, 0) is 15.7 Å². The number of hydrogen-bond acceptors (Lipinski definition) is 7. The van der Waals surface area contributed by atoms with E-state index in [1.807, 2.05) is 0 Å². The number of anilines is 3. The SMILES string of the molecule is CC(=O)NCCNc1nc(Nc2cccc(C(=O)N3CCOCC3)c2)ncc1C(F)(F)F. The minimum absolute atomic E-state index is 0.0443. The van der Waals surface area contributed by atoms with E-state index in [1.54, 1.807) is 29.2 Å². The first-order valence-corrected chi connectivity index (χ1v) is 9.90.